The van der Waals surface area contributed by atoms with Gasteiger partial charge in [0.2, 0.25) is 5.91 Å². The van der Waals surface area contributed by atoms with Gasteiger partial charge in [-0.3, -0.25) is 4.79 Å². The van der Waals surface area contributed by atoms with E-state index in [0.717, 1.165) is 17.7 Å². The lowest BCUT2D eigenvalue weighted by molar-refractivity contribution is -0.146. The summed E-state index contributed by atoms with van der Waals surface area (Å²) in [4.78, 5) is 23.7. The third kappa shape index (κ3) is 5.24. The van der Waals surface area contributed by atoms with Gasteiger partial charge in [-0.2, -0.15) is 0 Å². The second kappa shape index (κ2) is 8.87. The fourth-order valence-electron chi connectivity index (χ4n) is 1.88. The quantitative estimate of drug-likeness (QED) is 0.620. The molecule has 1 aromatic carbocycles. The Hall–Kier alpha value is -2.30. The second-order valence-corrected chi connectivity index (χ2v) is 5.00. The van der Waals surface area contributed by atoms with Crippen molar-refractivity contribution in [1.82, 2.24) is 5.32 Å². The molecular formula is C17H23NO4. The van der Waals surface area contributed by atoms with Crippen LogP contribution in [0.25, 0.3) is 6.08 Å². The number of benzene rings is 1. The van der Waals surface area contributed by atoms with Crippen LogP contribution in [0, 0.1) is 5.92 Å². The molecule has 2 atom stereocenters. The minimum Gasteiger partial charge on any atom is -0.497 e. The summed E-state index contributed by atoms with van der Waals surface area (Å²) in [5.41, 5.74) is 0.870. The molecule has 0 aliphatic heterocycles. The molecule has 120 valence electrons. The Bertz CT molecular complexity index is 522. The highest BCUT2D eigenvalue weighted by atomic mass is 16.5. The van der Waals surface area contributed by atoms with Gasteiger partial charge in [-0.25, -0.2) is 4.79 Å². The molecule has 0 aromatic heterocycles. The largest absolute Gasteiger partial charge is 0.497 e. The van der Waals surface area contributed by atoms with E-state index in [-0.39, 0.29) is 11.8 Å². The number of carbonyl (C=O) groups is 2. The van der Waals surface area contributed by atoms with E-state index in [2.05, 4.69) is 5.32 Å². The maximum absolute atomic E-state index is 12.0. The van der Waals surface area contributed by atoms with E-state index in [4.69, 9.17) is 9.47 Å². The van der Waals surface area contributed by atoms with Gasteiger partial charge >= 0.3 is 5.97 Å². The third-order valence-electron chi connectivity index (χ3n) is 3.51. The molecule has 0 aliphatic rings. The molecule has 22 heavy (non-hydrogen) atoms. The van der Waals surface area contributed by atoms with Crippen molar-refractivity contribution in [2.45, 2.75) is 26.3 Å². The zero-order chi connectivity index (χ0) is 16.5. The Labute approximate surface area is 131 Å². The summed E-state index contributed by atoms with van der Waals surface area (Å²) in [6.07, 6.45) is 3.85. The van der Waals surface area contributed by atoms with Crippen LogP contribution in [0.15, 0.2) is 30.3 Å². The minimum atomic E-state index is -0.636. The molecule has 5 nitrogen and oxygen atoms in total. The lowest BCUT2D eigenvalue weighted by Gasteiger charge is -2.20. The molecule has 1 N–H and O–H groups in total. The summed E-state index contributed by atoms with van der Waals surface area (Å²) >= 11 is 0. The monoisotopic (exact) mass is 305 g/mol. The van der Waals surface area contributed by atoms with Crippen LogP contribution in [0.5, 0.6) is 5.75 Å². The second-order valence-electron chi connectivity index (χ2n) is 5.00. The van der Waals surface area contributed by atoms with E-state index in [1.54, 1.807) is 13.2 Å². The number of rotatable bonds is 7. The summed E-state index contributed by atoms with van der Waals surface area (Å²) < 4.78 is 9.80. The predicted octanol–water partition coefficient (Wildman–Crippen LogP) is 2.41. The molecule has 1 aromatic rings. The van der Waals surface area contributed by atoms with Gasteiger partial charge in [0.15, 0.2) is 0 Å². The number of carbonyl (C=O) groups excluding carboxylic acids is 2. The van der Waals surface area contributed by atoms with Crippen LogP contribution in [-0.2, 0) is 14.3 Å². The van der Waals surface area contributed by atoms with E-state index in [0.29, 0.717) is 0 Å². The molecule has 0 heterocycles. The highest BCUT2D eigenvalue weighted by Crippen LogP contribution is 2.12. The molecule has 1 amide bonds. The molecule has 0 bridgehead atoms. The van der Waals surface area contributed by atoms with E-state index in [1.807, 2.05) is 38.1 Å². The van der Waals surface area contributed by atoms with Crippen LogP contribution < -0.4 is 10.1 Å². The zero-order valence-electron chi connectivity index (χ0n) is 13.5. The standard InChI is InChI=1S/C17H23NO4/c1-5-12(2)16(17(20)22-4)18-15(19)11-8-13-6-9-14(21-3)10-7-13/h6-12,16H,5H2,1-4H3,(H,18,19)/b11-8+/t12-,16-/m0/s1. The maximum atomic E-state index is 12.0. The van der Waals surface area contributed by atoms with Crippen LogP contribution in [0.1, 0.15) is 25.8 Å². The Morgan fingerprint density at radius 2 is 1.86 bits per heavy atom. The van der Waals surface area contributed by atoms with Crippen molar-refractivity contribution >= 4 is 18.0 Å². The van der Waals surface area contributed by atoms with Crippen LogP contribution in [0.3, 0.4) is 0 Å². The minimum absolute atomic E-state index is 0.00536. The van der Waals surface area contributed by atoms with Crippen molar-refractivity contribution in [3.05, 3.63) is 35.9 Å². The number of esters is 1. The summed E-state index contributed by atoms with van der Waals surface area (Å²) in [5, 5.41) is 2.69. The van der Waals surface area contributed by atoms with E-state index in [9.17, 15) is 9.59 Å². The van der Waals surface area contributed by atoms with Gasteiger partial charge < -0.3 is 14.8 Å². The maximum Gasteiger partial charge on any atom is 0.328 e. The van der Waals surface area contributed by atoms with Gasteiger partial charge in [-0.05, 0) is 29.7 Å². The van der Waals surface area contributed by atoms with Gasteiger partial charge in [0.05, 0.1) is 14.2 Å². The normalized spacial score (nSPS) is 13.5. The van der Waals surface area contributed by atoms with Crippen LogP contribution in [0.2, 0.25) is 0 Å². The fraction of sp³-hybridized carbons (Fsp3) is 0.412. The van der Waals surface area contributed by atoms with Crippen LogP contribution in [0.4, 0.5) is 0 Å². The van der Waals surface area contributed by atoms with E-state index >= 15 is 0 Å². The highest BCUT2D eigenvalue weighted by molar-refractivity contribution is 5.94. The Morgan fingerprint density at radius 1 is 1.23 bits per heavy atom. The van der Waals surface area contributed by atoms with Crippen molar-refractivity contribution in [2.24, 2.45) is 5.92 Å². The number of hydrogen-bond acceptors (Lipinski definition) is 4. The Morgan fingerprint density at radius 3 is 2.36 bits per heavy atom. The van der Waals surface area contributed by atoms with Crippen molar-refractivity contribution in [2.75, 3.05) is 14.2 Å². The summed E-state index contributed by atoms with van der Waals surface area (Å²) in [6, 6.07) is 6.68. The first kappa shape index (κ1) is 17.8. The lowest BCUT2D eigenvalue weighted by Crippen LogP contribution is -2.45. The average Bonchev–Trinajstić information content (AvgIpc) is 2.56. The lowest BCUT2D eigenvalue weighted by atomic mass is 9.99. The molecule has 1 rings (SSSR count). The van der Waals surface area contributed by atoms with Gasteiger partial charge in [-0.15, -0.1) is 0 Å². The van der Waals surface area contributed by atoms with Crippen molar-refractivity contribution in [3.63, 3.8) is 0 Å². The summed E-state index contributed by atoms with van der Waals surface area (Å²) in [5.74, 6) is 0.00183. The van der Waals surface area contributed by atoms with Gasteiger partial charge in [0, 0.05) is 6.08 Å². The number of amides is 1. The summed E-state index contributed by atoms with van der Waals surface area (Å²) in [6.45, 7) is 3.86. The number of methoxy groups -OCH3 is 2. The number of hydrogen-bond donors (Lipinski definition) is 1. The number of ether oxygens (including phenoxy) is 2. The van der Waals surface area contributed by atoms with Crippen molar-refractivity contribution in [1.29, 1.82) is 0 Å². The van der Waals surface area contributed by atoms with E-state index in [1.165, 1.54) is 13.2 Å². The first-order chi connectivity index (χ1) is 10.5. The van der Waals surface area contributed by atoms with Crippen LogP contribution >= 0.6 is 0 Å². The molecule has 0 saturated heterocycles. The Kier molecular flexibility index (Phi) is 7.16. The highest BCUT2D eigenvalue weighted by Gasteiger charge is 2.25. The molecule has 0 radical (unpaired) electrons. The topological polar surface area (TPSA) is 64.6 Å². The zero-order valence-corrected chi connectivity index (χ0v) is 13.5. The van der Waals surface area contributed by atoms with Gasteiger partial charge in [0.25, 0.3) is 0 Å². The molecule has 0 aliphatic carbocycles. The molecular weight excluding hydrogens is 282 g/mol. The molecule has 0 spiro atoms. The predicted molar refractivity (Wildman–Crippen MR) is 85.4 cm³/mol. The fourth-order valence-corrected chi connectivity index (χ4v) is 1.88. The molecule has 0 unspecified atom stereocenters. The van der Waals surface area contributed by atoms with Gasteiger partial charge in [-0.1, -0.05) is 32.4 Å². The summed E-state index contributed by atoms with van der Waals surface area (Å²) in [7, 11) is 2.91. The van der Waals surface area contributed by atoms with Crippen molar-refractivity contribution in [3.8, 4) is 5.75 Å². The van der Waals surface area contributed by atoms with E-state index < -0.39 is 12.0 Å². The average molecular weight is 305 g/mol. The molecule has 5 heteroatoms. The molecule has 0 fully saturated rings. The third-order valence-corrected chi connectivity index (χ3v) is 3.51. The smallest absolute Gasteiger partial charge is 0.328 e. The van der Waals surface area contributed by atoms with Gasteiger partial charge in [0.1, 0.15) is 11.8 Å². The van der Waals surface area contributed by atoms with Crippen molar-refractivity contribution < 1.29 is 19.1 Å². The Balaban J connectivity index is 2.69. The molecule has 0 saturated carbocycles. The first-order valence-corrected chi connectivity index (χ1v) is 7.22. The number of nitrogens with one attached hydrogen (secondary N) is 1. The van der Waals surface area contributed by atoms with Crippen LogP contribution in [-0.4, -0.2) is 32.1 Å². The first-order valence-electron chi connectivity index (χ1n) is 7.22. The SMILES string of the molecule is CC[C@H](C)[C@H](NC(=O)/C=C/c1ccc(OC)cc1)C(=O)OC.